The standard InChI is InChI=1S/C15H24N2O/c1-10-3-8-14(18-10)15(11(2)16)17(13-6-7-13)9-12-4-5-12/h3,8,11-13,15H,4-7,9,16H2,1-2H3. The average molecular weight is 248 g/mol. The molecule has 2 saturated carbocycles. The smallest absolute Gasteiger partial charge is 0.122 e. The first kappa shape index (κ1) is 12.2. The van der Waals surface area contributed by atoms with Gasteiger partial charge in [0.15, 0.2) is 0 Å². The Morgan fingerprint density at radius 3 is 2.50 bits per heavy atom. The van der Waals surface area contributed by atoms with Gasteiger partial charge in [0.1, 0.15) is 11.5 Å². The van der Waals surface area contributed by atoms with Crippen LogP contribution in [0.2, 0.25) is 0 Å². The molecule has 0 aromatic carbocycles. The minimum Gasteiger partial charge on any atom is -0.465 e. The second-order valence-corrected chi connectivity index (χ2v) is 6.12. The maximum atomic E-state index is 6.24. The van der Waals surface area contributed by atoms with Crippen molar-refractivity contribution in [2.45, 2.75) is 57.7 Å². The zero-order chi connectivity index (χ0) is 12.7. The summed E-state index contributed by atoms with van der Waals surface area (Å²) in [4.78, 5) is 2.61. The minimum atomic E-state index is 0.120. The second-order valence-electron chi connectivity index (χ2n) is 6.12. The van der Waals surface area contributed by atoms with E-state index in [0.29, 0.717) is 0 Å². The summed E-state index contributed by atoms with van der Waals surface area (Å²) in [5, 5.41) is 0. The van der Waals surface area contributed by atoms with Gasteiger partial charge in [-0.3, -0.25) is 4.90 Å². The van der Waals surface area contributed by atoms with E-state index in [1.54, 1.807) is 0 Å². The normalized spacial score (nSPS) is 23.3. The molecule has 2 atom stereocenters. The molecule has 0 radical (unpaired) electrons. The van der Waals surface area contributed by atoms with Crippen LogP contribution in [0, 0.1) is 12.8 Å². The Balaban J connectivity index is 1.81. The molecule has 2 fully saturated rings. The van der Waals surface area contributed by atoms with Crippen molar-refractivity contribution in [1.82, 2.24) is 4.90 Å². The lowest BCUT2D eigenvalue weighted by atomic mass is 10.1. The molecule has 0 aliphatic heterocycles. The Labute approximate surface area is 109 Å². The lowest BCUT2D eigenvalue weighted by Gasteiger charge is -2.33. The summed E-state index contributed by atoms with van der Waals surface area (Å²) in [5.74, 6) is 2.94. The zero-order valence-corrected chi connectivity index (χ0v) is 11.4. The van der Waals surface area contributed by atoms with Gasteiger partial charge in [-0.1, -0.05) is 0 Å². The van der Waals surface area contributed by atoms with Crippen molar-refractivity contribution < 1.29 is 4.42 Å². The van der Waals surface area contributed by atoms with Gasteiger partial charge >= 0.3 is 0 Å². The molecule has 18 heavy (non-hydrogen) atoms. The SMILES string of the molecule is Cc1ccc(C(C(C)N)N(CC2CC2)C2CC2)o1. The summed E-state index contributed by atoms with van der Waals surface area (Å²) in [7, 11) is 0. The first-order valence-corrected chi connectivity index (χ1v) is 7.23. The topological polar surface area (TPSA) is 42.4 Å². The highest BCUT2D eigenvalue weighted by Crippen LogP contribution is 2.40. The van der Waals surface area contributed by atoms with Crippen LogP contribution < -0.4 is 5.73 Å². The van der Waals surface area contributed by atoms with Gasteiger partial charge in [0, 0.05) is 18.6 Å². The highest BCUT2D eigenvalue weighted by Gasteiger charge is 2.40. The quantitative estimate of drug-likeness (QED) is 0.841. The molecule has 1 heterocycles. The van der Waals surface area contributed by atoms with E-state index in [0.717, 1.165) is 23.5 Å². The largest absolute Gasteiger partial charge is 0.465 e. The lowest BCUT2D eigenvalue weighted by molar-refractivity contribution is 0.138. The van der Waals surface area contributed by atoms with E-state index in [4.69, 9.17) is 10.2 Å². The molecule has 2 unspecified atom stereocenters. The van der Waals surface area contributed by atoms with Crippen molar-refractivity contribution in [3.05, 3.63) is 23.7 Å². The van der Waals surface area contributed by atoms with E-state index < -0.39 is 0 Å². The van der Waals surface area contributed by atoms with Gasteiger partial charge in [0.05, 0.1) is 6.04 Å². The third kappa shape index (κ3) is 2.62. The van der Waals surface area contributed by atoms with Crippen LogP contribution >= 0.6 is 0 Å². The van der Waals surface area contributed by atoms with E-state index in [-0.39, 0.29) is 12.1 Å². The van der Waals surface area contributed by atoms with Gasteiger partial charge in [-0.25, -0.2) is 0 Å². The highest BCUT2D eigenvalue weighted by atomic mass is 16.3. The molecule has 0 bridgehead atoms. The van der Waals surface area contributed by atoms with Gasteiger partial charge < -0.3 is 10.2 Å². The number of rotatable bonds is 6. The number of nitrogens with two attached hydrogens (primary N) is 1. The molecular weight excluding hydrogens is 224 g/mol. The predicted octanol–water partition coefficient (Wildman–Crippen LogP) is 2.85. The fourth-order valence-electron chi connectivity index (χ4n) is 2.83. The fraction of sp³-hybridized carbons (Fsp3) is 0.733. The summed E-state index contributed by atoms with van der Waals surface area (Å²) < 4.78 is 5.85. The monoisotopic (exact) mass is 248 g/mol. The Morgan fingerprint density at radius 1 is 1.33 bits per heavy atom. The van der Waals surface area contributed by atoms with Crippen molar-refractivity contribution in [2.75, 3.05) is 6.54 Å². The fourth-order valence-corrected chi connectivity index (χ4v) is 2.83. The van der Waals surface area contributed by atoms with Crippen molar-refractivity contribution in [3.8, 4) is 0 Å². The summed E-state index contributed by atoms with van der Waals surface area (Å²) in [6, 6.07) is 5.27. The van der Waals surface area contributed by atoms with Gasteiger partial charge in [0.25, 0.3) is 0 Å². The number of hydrogen-bond acceptors (Lipinski definition) is 3. The zero-order valence-electron chi connectivity index (χ0n) is 11.4. The van der Waals surface area contributed by atoms with E-state index in [1.807, 2.05) is 13.0 Å². The summed E-state index contributed by atoms with van der Waals surface area (Å²) in [6.45, 7) is 5.31. The lowest BCUT2D eigenvalue weighted by Crippen LogP contribution is -2.41. The Bertz CT molecular complexity index is 404. The van der Waals surface area contributed by atoms with Gasteiger partial charge in [-0.05, 0) is 57.6 Å². The van der Waals surface area contributed by atoms with Crippen LogP contribution in [-0.2, 0) is 0 Å². The van der Waals surface area contributed by atoms with E-state index in [9.17, 15) is 0 Å². The summed E-state index contributed by atoms with van der Waals surface area (Å²) >= 11 is 0. The molecule has 3 heteroatoms. The maximum absolute atomic E-state index is 6.24. The molecule has 1 aromatic rings. The van der Waals surface area contributed by atoms with Crippen LogP contribution in [-0.4, -0.2) is 23.5 Å². The van der Waals surface area contributed by atoms with Crippen LogP contribution in [0.25, 0.3) is 0 Å². The third-order valence-electron chi connectivity index (χ3n) is 4.09. The van der Waals surface area contributed by atoms with Gasteiger partial charge in [-0.15, -0.1) is 0 Å². The Hall–Kier alpha value is -0.800. The van der Waals surface area contributed by atoms with Crippen molar-refractivity contribution in [3.63, 3.8) is 0 Å². The van der Waals surface area contributed by atoms with Crippen LogP contribution in [0.3, 0.4) is 0 Å². The number of nitrogens with zero attached hydrogens (tertiary/aromatic N) is 1. The van der Waals surface area contributed by atoms with Crippen LogP contribution in [0.5, 0.6) is 0 Å². The molecule has 2 N–H and O–H groups in total. The molecule has 2 aliphatic carbocycles. The summed E-state index contributed by atoms with van der Waals surface area (Å²) in [6.07, 6.45) is 5.45. The maximum Gasteiger partial charge on any atom is 0.122 e. The molecule has 0 saturated heterocycles. The van der Waals surface area contributed by atoms with Crippen molar-refractivity contribution in [1.29, 1.82) is 0 Å². The first-order valence-electron chi connectivity index (χ1n) is 7.23. The molecule has 100 valence electrons. The molecule has 2 aliphatic rings. The molecule has 1 aromatic heterocycles. The van der Waals surface area contributed by atoms with Crippen LogP contribution in [0.4, 0.5) is 0 Å². The summed E-state index contributed by atoms with van der Waals surface area (Å²) in [5.41, 5.74) is 6.24. The molecule has 3 nitrogen and oxygen atoms in total. The Kier molecular flexibility index (Phi) is 3.20. The van der Waals surface area contributed by atoms with Gasteiger partial charge in [-0.2, -0.15) is 0 Å². The third-order valence-corrected chi connectivity index (χ3v) is 4.09. The minimum absolute atomic E-state index is 0.120. The number of hydrogen-bond donors (Lipinski definition) is 1. The average Bonchev–Trinajstić information content (AvgIpc) is 3.19. The molecule has 0 amide bonds. The van der Waals surface area contributed by atoms with Crippen LogP contribution in [0.1, 0.15) is 50.2 Å². The number of aryl methyl sites for hydroxylation is 1. The predicted molar refractivity (Wildman–Crippen MR) is 72.3 cm³/mol. The van der Waals surface area contributed by atoms with Crippen LogP contribution in [0.15, 0.2) is 16.5 Å². The second kappa shape index (κ2) is 4.71. The molecule has 0 spiro atoms. The number of furan rings is 1. The first-order chi connectivity index (χ1) is 8.65. The van der Waals surface area contributed by atoms with E-state index in [1.165, 1.54) is 32.2 Å². The van der Waals surface area contributed by atoms with E-state index >= 15 is 0 Å². The van der Waals surface area contributed by atoms with Crippen molar-refractivity contribution in [2.24, 2.45) is 11.7 Å². The molecular formula is C15H24N2O. The highest BCUT2D eigenvalue weighted by molar-refractivity contribution is 5.13. The van der Waals surface area contributed by atoms with E-state index in [2.05, 4.69) is 17.9 Å². The van der Waals surface area contributed by atoms with Gasteiger partial charge in [0.2, 0.25) is 0 Å². The molecule has 3 rings (SSSR count). The van der Waals surface area contributed by atoms with Crippen molar-refractivity contribution >= 4 is 0 Å². The Morgan fingerprint density at radius 2 is 2.06 bits per heavy atom.